The van der Waals surface area contributed by atoms with Gasteiger partial charge in [-0.3, -0.25) is 0 Å². The molecular formula is C17H26F3N. The van der Waals surface area contributed by atoms with Crippen molar-refractivity contribution in [2.24, 2.45) is 11.7 Å². The van der Waals surface area contributed by atoms with Gasteiger partial charge in [0, 0.05) is 6.04 Å². The third-order valence-electron chi connectivity index (χ3n) is 3.96. The summed E-state index contributed by atoms with van der Waals surface area (Å²) in [6.45, 7) is 4.35. The molecule has 0 fully saturated rings. The quantitative estimate of drug-likeness (QED) is 0.703. The lowest BCUT2D eigenvalue weighted by atomic mass is 9.90. The van der Waals surface area contributed by atoms with Crippen molar-refractivity contribution >= 4 is 0 Å². The maximum atomic E-state index is 12.5. The summed E-state index contributed by atoms with van der Waals surface area (Å²) in [6, 6.07) is 5.36. The number of hydrogen-bond acceptors (Lipinski definition) is 1. The summed E-state index contributed by atoms with van der Waals surface area (Å²) in [5.74, 6) is 0.620. The number of rotatable bonds is 8. The minimum Gasteiger partial charge on any atom is -0.327 e. The van der Waals surface area contributed by atoms with E-state index in [2.05, 4.69) is 13.8 Å². The Morgan fingerprint density at radius 3 is 2.19 bits per heavy atom. The van der Waals surface area contributed by atoms with Gasteiger partial charge < -0.3 is 5.73 Å². The Balaban J connectivity index is 2.52. The number of nitrogens with two attached hydrogens (primary N) is 1. The predicted octanol–water partition coefficient (Wildman–Crippen LogP) is 5.18. The molecule has 120 valence electrons. The van der Waals surface area contributed by atoms with Crippen LogP contribution in [0.1, 0.15) is 57.1 Å². The van der Waals surface area contributed by atoms with E-state index in [0.29, 0.717) is 12.3 Å². The van der Waals surface area contributed by atoms with Gasteiger partial charge in [-0.05, 0) is 36.5 Å². The predicted molar refractivity (Wildman–Crippen MR) is 81.0 cm³/mol. The van der Waals surface area contributed by atoms with Crippen molar-refractivity contribution in [3.05, 3.63) is 35.4 Å². The summed E-state index contributed by atoms with van der Waals surface area (Å²) in [7, 11) is 0. The van der Waals surface area contributed by atoms with Gasteiger partial charge in [0.15, 0.2) is 0 Å². The summed E-state index contributed by atoms with van der Waals surface area (Å²) in [5, 5.41) is 0. The van der Waals surface area contributed by atoms with Crippen molar-refractivity contribution in [3.63, 3.8) is 0 Å². The highest BCUT2D eigenvalue weighted by atomic mass is 19.4. The number of halogens is 3. The van der Waals surface area contributed by atoms with Crippen LogP contribution < -0.4 is 5.73 Å². The van der Waals surface area contributed by atoms with E-state index >= 15 is 0 Å². The second kappa shape index (κ2) is 8.42. The second-order valence-electron chi connectivity index (χ2n) is 5.81. The van der Waals surface area contributed by atoms with E-state index in [-0.39, 0.29) is 6.04 Å². The Labute approximate surface area is 125 Å². The van der Waals surface area contributed by atoms with Crippen LogP contribution in [-0.4, -0.2) is 6.04 Å². The van der Waals surface area contributed by atoms with Crippen molar-refractivity contribution in [2.45, 2.75) is 64.6 Å². The van der Waals surface area contributed by atoms with Gasteiger partial charge in [-0.15, -0.1) is 0 Å². The molecule has 0 heterocycles. The molecular weight excluding hydrogens is 275 g/mol. The molecule has 0 aromatic heterocycles. The van der Waals surface area contributed by atoms with Gasteiger partial charge in [0.25, 0.3) is 0 Å². The van der Waals surface area contributed by atoms with E-state index < -0.39 is 11.7 Å². The lowest BCUT2D eigenvalue weighted by Crippen LogP contribution is -2.26. The van der Waals surface area contributed by atoms with E-state index in [1.807, 2.05) is 0 Å². The summed E-state index contributed by atoms with van der Waals surface area (Å²) >= 11 is 0. The molecule has 0 spiro atoms. The molecule has 2 N–H and O–H groups in total. The first-order valence-electron chi connectivity index (χ1n) is 7.78. The van der Waals surface area contributed by atoms with Gasteiger partial charge in [0.2, 0.25) is 0 Å². The highest BCUT2D eigenvalue weighted by Gasteiger charge is 2.29. The van der Waals surface area contributed by atoms with Crippen LogP contribution in [-0.2, 0) is 12.6 Å². The molecule has 0 saturated carbocycles. The van der Waals surface area contributed by atoms with Crippen molar-refractivity contribution in [3.8, 4) is 0 Å². The minimum atomic E-state index is -4.27. The largest absolute Gasteiger partial charge is 0.416 e. The van der Waals surface area contributed by atoms with Crippen LogP contribution in [0.2, 0.25) is 0 Å². The van der Waals surface area contributed by atoms with Gasteiger partial charge in [-0.1, -0.05) is 51.7 Å². The van der Waals surface area contributed by atoms with E-state index in [9.17, 15) is 13.2 Å². The molecule has 1 rings (SSSR count). The van der Waals surface area contributed by atoms with Crippen LogP contribution in [0.3, 0.4) is 0 Å². The first-order chi connectivity index (χ1) is 9.86. The van der Waals surface area contributed by atoms with Crippen LogP contribution in [0.4, 0.5) is 13.2 Å². The molecule has 0 radical (unpaired) electrons. The van der Waals surface area contributed by atoms with Crippen molar-refractivity contribution in [1.82, 2.24) is 0 Å². The lowest BCUT2D eigenvalue weighted by molar-refractivity contribution is -0.137. The van der Waals surface area contributed by atoms with E-state index in [0.717, 1.165) is 30.5 Å². The van der Waals surface area contributed by atoms with Gasteiger partial charge >= 0.3 is 6.18 Å². The van der Waals surface area contributed by atoms with Gasteiger partial charge in [-0.2, -0.15) is 13.2 Å². The lowest BCUT2D eigenvalue weighted by Gasteiger charge is -2.19. The summed E-state index contributed by atoms with van der Waals surface area (Å²) in [5.41, 5.74) is 6.43. The Hall–Kier alpha value is -1.03. The summed E-state index contributed by atoms with van der Waals surface area (Å²) in [6.07, 6.45) is 2.01. The van der Waals surface area contributed by atoms with Gasteiger partial charge in [0.05, 0.1) is 5.56 Å². The minimum absolute atomic E-state index is 0.0172. The number of unbranched alkanes of at least 4 members (excludes halogenated alkanes) is 1. The number of benzene rings is 1. The molecule has 4 heteroatoms. The third-order valence-corrected chi connectivity index (χ3v) is 3.96. The molecule has 2 atom stereocenters. The highest BCUT2D eigenvalue weighted by Crippen LogP contribution is 2.29. The fourth-order valence-electron chi connectivity index (χ4n) is 2.63. The van der Waals surface area contributed by atoms with Gasteiger partial charge in [-0.25, -0.2) is 0 Å². The van der Waals surface area contributed by atoms with Gasteiger partial charge in [0.1, 0.15) is 0 Å². The van der Waals surface area contributed by atoms with Crippen LogP contribution in [0, 0.1) is 5.92 Å². The summed E-state index contributed by atoms with van der Waals surface area (Å²) in [4.78, 5) is 0. The zero-order valence-electron chi connectivity index (χ0n) is 12.9. The van der Waals surface area contributed by atoms with Crippen LogP contribution in [0.15, 0.2) is 24.3 Å². The molecule has 0 aliphatic heterocycles. The molecule has 0 amide bonds. The average Bonchev–Trinajstić information content (AvgIpc) is 2.43. The third kappa shape index (κ3) is 6.51. The molecule has 0 aliphatic rings. The van der Waals surface area contributed by atoms with Crippen molar-refractivity contribution in [1.29, 1.82) is 0 Å². The average molecular weight is 301 g/mol. The van der Waals surface area contributed by atoms with E-state index in [1.165, 1.54) is 31.4 Å². The Kier molecular flexibility index (Phi) is 7.23. The fourth-order valence-corrected chi connectivity index (χ4v) is 2.63. The Bertz CT molecular complexity index is 397. The van der Waals surface area contributed by atoms with Crippen molar-refractivity contribution < 1.29 is 13.2 Å². The molecule has 2 unspecified atom stereocenters. The smallest absolute Gasteiger partial charge is 0.327 e. The highest BCUT2D eigenvalue weighted by molar-refractivity contribution is 5.25. The van der Waals surface area contributed by atoms with Crippen LogP contribution in [0.25, 0.3) is 0 Å². The maximum Gasteiger partial charge on any atom is 0.416 e. The Morgan fingerprint density at radius 2 is 1.71 bits per heavy atom. The summed E-state index contributed by atoms with van der Waals surface area (Å²) < 4.78 is 37.5. The molecule has 0 saturated heterocycles. The standard InChI is InChI=1S/C17H26F3N/c1-3-5-6-13(4-2)11-16(21)12-14-7-9-15(10-8-14)17(18,19)20/h7-10,13,16H,3-6,11-12,21H2,1-2H3. The molecule has 1 aromatic carbocycles. The molecule has 0 bridgehead atoms. The zero-order valence-corrected chi connectivity index (χ0v) is 12.9. The van der Waals surface area contributed by atoms with Crippen LogP contribution >= 0.6 is 0 Å². The molecule has 0 aliphatic carbocycles. The monoisotopic (exact) mass is 301 g/mol. The molecule has 1 aromatic rings. The zero-order chi connectivity index (χ0) is 15.9. The van der Waals surface area contributed by atoms with Crippen LogP contribution in [0.5, 0.6) is 0 Å². The first kappa shape index (κ1) is 18.0. The number of hydrogen-bond donors (Lipinski definition) is 1. The molecule has 1 nitrogen and oxygen atoms in total. The van der Waals surface area contributed by atoms with E-state index in [1.54, 1.807) is 0 Å². The second-order valence-corrected chi connectivity index (χ2v) is 5.81. The fraction of sp³-hybridized carbons (Fsp3) is 0.647. The SMILES string of the molecule is CCCCC(CC)CC(N)Cc1ccc(C(F)(F)F)cc1. The van der Waals surface area contributed by atoms with Crippen molar-refractivity contribution in [2.75, 3.05) is 0 Å². The topological polar surface area (TPSA) is 26.0 Å². The Morgan fingerprint density at radius 1 is 1.10 bits per heavy atom. The normalized spacial score (nSPS) is 15.0. The number of alkyl halides is 3. The van der Waals surface area contributed by atoms with E-state index in [4.69, 9.17) is 5.73 Å². The first-order valence-corrected chi connectivity index (χ1v) is 7.78. The maximum absolute atomic E-state index is 12.5. The molecule has 21 heavy (non-hydrogen) atoms.